The van der Waals surface area contributed by atoms with Crippen molar-refractivity contribution in [2.75, 3.05) is 6.61 Å². The van der Waals surface area contributed by atoms with Crippen LogP contribution in [0.1, 0.15) is 43.7 Å². The second kappa shape index (κ2) is 9.51. The van der Waals surface area contributed by atoms with Crippen molar-refractivity contribution in [3.63, 3.8) is 0 Å². The molecule has 0 fully saturated rings. The van der Waals surface area contributed by atoms with Crippen molar-refractivity contribution in [2.45, 2.75) is 56.8 Å². The van der Waals surface area contributed by atoms with E-state index in [9.17, 15) is 14.9 Å². The Hall–Kier alpha value is -2.57. The lowest BCUT2D eigenvalue weighted by atomic mass is 9.67. The summed E-state index contributed by atoms with van der Waals surface area (Å²) in [6.45, 7) is 11.2. The van der Waals surface area contributed by atoms with E-state index in [4.69, 9.17) is 4.43 Å². The second-order valence-electron chi connectivity index (χ2n) is 10.1. The minimum atomic E-state index is -2.07. The van der Waals surface area contributed by atoms with Crippen molar-refractivity contribution in [1.82, 2.24) is 0 Å². The van der Waals surface area contributed by atoms with Crippen LogP contribution in [0.3, 0.4) is 0 Å². The van der Waals surface area contributed by atoms with Crippen molar-refractivity contribution in [2.24, 2.45) is 5.92 Å². The van der Waals surface area contributed by atoms with E-state index < -0.39 is 26.2 Å². The van der Waals surface area contributed by atoms with Crippen molar-refractivity contribution < 1.29 is 14.1 Å². The van der Waals surface area contributed by atoms with Crippen LogP contribution in [0.25, 0.3) is 0 Å². The van der Waals surface area contributed by atoms with E-state index in [1.54, 1.807) is 0 Å². The van der Waals surface area contributed by atoms with Gasteiger partial charge in [-0.05, 0) is 29.3 Å². The van der Waals surface area contributed by atoms with Gasteiger partial charge >= 0.3 is 0 Å². The third kappa shape index (κ3) is 4.92. The Kier molecular flexibility index (Phi) is 7.15. The predicted octanol–water partition coefficient (Wildman–Crippen LogP) is 5.98. The van der Waals surface area contributed by atoms with Crippen LogP contribution in [-0.2, 0) is 9.22 Å². The minimum absolute atomic E-state index is 0.0240. The molecule has 6 heteroatoms. The maximum absolute atomic E-state index is 12.5. The van der Waals surface area contributed by atoms with Crippen molar-refractivity contribution in [1.29, 1.82) is 0 Å². The molecular formula is C26H33NO4Si. The summed E-state index contributed by atoms with van der Waals surface area (Å²) in [5.41, 5.74) is 2.16. The van der Waals surface area contributed by atoms with E-state index in [1.807, 2.05) is 66.7 Å². The van der Waals surface area contributed by atoms with Gasteiger partial charge in [-0.25, -0.2) is 0 Å². The first kappa shape index (κ1) is 24.1. The first-order valence-corrected chi connectivity index (χ1v) is 14.0. The van der Waals surface area contributed by atoms with Gasteiger partial charge in [-0.3, -0.25) is 14.9 Å². The molecule has 170 valence electrons. The number of carbonyl (C=O) groups is 1. The maximum Gasteiger partial charge on any atom is 0.231 e. The standard InChI is InChI=1S/C26H33NO4Si/c1-26(2,3)32(4,5)31-18-22-16-21(17-28)23(19-12-8-6-9-13-19)25(27(29)30)24(22)20-14-10-7-11-15-20/h6-17,22-25H,18H2,1-5H3/t22-,23-,24-,25+/m1/s1. The summed E-state index contributed by atoms with van der Waals surface area (Å²) in [7, 11) is -2.07. The summed E-state index contributed by atoms with van der Waals surface area (Å²) >= 11 is 0. The van der Waals surface area contributed by atoms with Gasteiger partial charge in [0.1, 0.15) is 6.29 Å². The van der Waals surface area contributed by atoms with Crippen molar-refractivity contribution >= 4 is 14.6 Å². The number of aldehydes is 1. The molecule has 0 aliphatic heterocycles. The number of carbonyl (C=O) groups excluding carboxylic acids is 1. The Bertz CT molecular complexity index is 966. The zero-order chi connectivity index (χ0) is 23.5. The molecular weight excluding hydrogens is 418 g/mol. The Morgan fingerprint density at radius 1 is 1.00 bits per heavy atom. The van der Waals surface area contributed by atoms with Gasteiger partial charge in [0.2, 0.25) is 6.04 Å². The van der Waals surface area contributed by atoms with Gasteiger partial charge in [0.15, 0.2) is 8.32 Å². The average molecular weight is 452 g/mol. The third-order valence-corrected chi connectivity index (χ3v) is 11.6. The van der Waals surface area contributed by atoms with Gasteiger partial charge in [0.05, 0.1) is 11.8 Å². The fourth-order valence-corrected chi connectivity index (χ4v) is 5.36. The molecule has 1 aliphatic carbocycles. The van der Waals surface area contributed by atoms with E-state index in [-0.39, 0.29) is 15.9 Å². The number of nitrogens with zero attached hydrogens (tertiary/aromatic N) is 1. The van der Waals surface area contributed by atoms with Crippen LogP contribution in [-0.4, -0.2) is 32.2 Å². The van der Waals surface area contributed by atoms with E-state index in [0.29, 0.717) is 12.2 Å². The Labute approximate surface area is 191 Å². The number of hydrogen-bond acceptors (Lipinski definition) is 4. The molecule has 0 amide bonds. The Morgan fingerprint density at radius 3 is 2.00 bits per heavy atom. The largest absolute Gasteiger partial charge is 0.416 e. The molecule has 0 saturated heterocycles. The molecule has 32 heavy (non-hydrogen) atoms. The SMILES string of the molecule is CC(C)(C)[Si](C)(C)OC[C@H]1C=C(C=O)[C@@H](c2ccccc2)[C@H]([N+](=O)[O-])[C@@H]1c1ccccc1. The number of hydrogen-bond donors (Lipinski definition) is 0. The normalized spacial score (nSPS) is 24.0. The van der Waals surface area contributed by atoms with Gasteiger partial charge in [0, 0.05) is 23.0 Å². The molecule has 0 bridgehead atoms. The van der Waals surface area contributed by atoms with Crippen LogP contribution in [0.2, 0.25) is 18.1 Å². The van der Waals surface area contributed by atoms with Crippen LogP contribution >= 0.6 is 0 Å². The predicted molar refractivity (Wildman–Crippen MR) is 130 cm³/mol. The lowest BCUT2D eigenvalue weighted by Crippen LogP contribution is -2.46. The molecule has 2 aromatic carbocycles. The van der Waals surface area contributed by atoms with Crippen molar-refractivity contribution in [3.05, 3.63) is 93.6 Å². The molecule has 5 nitrogen and oxygen atoms in total. The summed E-state index contributed by atoms with van der Waals surface area (Å²) < 4.78 is 6.50. The van der Waals surface area contributed by atoms with Crippen molar-refractivity contribution in [3.8, 4) is 0 Å². The molecule has 3 rings (SSSR count). The molecule has 0 spiro atoms. The van der Waals surface area contributed by atoms with Gasteiger partial charge < -0.3 is 4.43 Å². The van der Waals surface area contributed by atoms with Crippen LogP contribution in [0, 0.1) is 16.0 Å². The minimum Gasteiger partial charge on any atom is -0.416 e. The smallest absolute Gasteiger partial charge is 0.231 e. The highest BCUT2D eigenvalue weighted by molar-refractivity contribution is 6.74. The fraction of sp³-hybridized carbons (Fsp3) is 0.423. The second-order valence-corrected chi connectivity index (χ2v) is 14.9. The first-order chi connectivity index (χ1) is 15.1. The summed E-state index contributed by atoms with van der Waals surface area (Å²) in [6, 6.07) is 18.0. The van der Waals surface area contributed by atoms with Gasteiger partial charge in [-0.2, -0.15) is 0 Å². The number of rotatable bonds is 7. The van der Waals surface area contributed by atoms with E-state index in [0.717, 1.165) is 17.4 Å². The molecule has 0 N–H and O–H groups in total. The topological polar surface area (TPSA) is 69.4 Å². The summed E-state index contributed by atoms with van der Waals surface area (Å²) in [5.74, 6) is -1.26. The summed E-state index contributed by atoms with van der Waals surface area (Å²) in [4.78, 5) is 24.5. The Morgan fingerprint density at radius 2 is 1.53 bits per heavy atom. The van der Waals surface area contributed by atoms with Crippen LogP contribution in [0.5, 0.6) is 0 Å². The molecule has 0 heterocycles. The number of benzene rings is 2. The monoisotopic (exact) mass is 451 g/mol. The molecule has 0 radical (unpaired) electrons. The highest BCUT2D eigenvalue weighted by Gasteiger charge is 2.49. The van der Waals surface area contributed by atoms with Gasteiger partial charge in [-0.1, -0.05) is 87.5 Å². The highest BCUT2D eigenvalue weighted by atomic mass is 28.4. The van der Waals surface area contributed by atoms with Crippen LogP contribution < -0.4 is 0 Å². The average Bonchev–Trinajstić information content (AvgIpc) is 2.76. The first-order valence-electron chi connectivity index (χ1n) is 11.1. The molecule has 0 unspecified atom stereocenters. The van der Waals surface area contributed by atoms with E-state index in [2.05, 4.69) is 33.9 Å². The fourth-order valence-electron chi connectivity index (χ4n) is 4.32. The zero-order valence-corrected chi connectivity index (χ0v) is 20.5. The molecule has 0 saturated carbocycles. The maximum atomic E-state index is 12.5. The highest BCUT2D eigenvalue weighted by Crippen LogP contribution is 2.46. The Balaban J connectivity index is 2.11. The molecule has 2 aromatic rings. The molecule has 0 aromatic heterocycles. The lowest BCUT2D eigenvalue weighted by molar-refractivity contribution is -0.531. The molecule has 1 aliphatic rings. The summed E-state index contributed by atoms with van der Waals surface area (Å²) in [5, 5.41) is 12.5. The molecule has 4 atom stereocenters. The van der Waals surface area contributed by atoms with Gasteiger partial charge in [0.25, 0.3) is 0 Å². The number of nitro groups is 1. The van der Waals surface area contributed by atoms with Crippen LogP contribution in [0.15, 0.2) is 72.3 Å². The lowest BCUT2D eigenvalue weighted by Gasteiger charge is -2.41. The van der Waals surface area contributed by atoms with Gasteiger partial charge in [-0.15, -0.1) is 0 Å². The zero-order valence-electron chi connectivity index (χ0n) is 19.5. The van der Waals surface area contributed by atoms with Crippen LogP contribution in [0.4, 0.5) is 0 Å². The third-order valence-electron chi connectivity index (χ3n) is 7.10. The van der Waals surface area contributed by atoms with E-state index >= 15 is 0 Å². The quantitative estimate of drug-likeness (QED) is 0.225. The summed E-state index contributed by atoms with van der Waals surface area (Å²) in [6.07, 6.45) is 2.71. The van der Waals surface area contributed by atoms with E-state index in [1.165, 1.54) is 0 Å².